The van der Waals surface area contributed by atoms with Crippen molar-refractivity contribution in [1.29, 1.82) is 0 Å². The first-order chi connectivity index (χ1) is 12.9. The van der Waals surface area contributed by atoms with Gasteiger partial charge in [-0.15, -0.1) is 0 Å². The Hall–Kier alpha value is -2.60. The topological polar surface area (TPSA) is 0 Å². The van der Waals surface area contributed by atoms with E-state index in [0.29, 0.717) is 0 Å². The van der Waals surface area contributed by atoms with Crippen LogP contribution in [0.1, 0.15) is 36.1 Å². The quantitative estimate of drug-likeness (QED) is 0.310. The van der Waals surface area contributed by atoms with E-state index in [2.05, 4.69) is 88.4 Å². The molecule has 0 aliphatic heterocycles. The van der Waals surface area contributed by atoms with Gasteiger partial charge in [0.15, 0.2) is 0 Å². The van der Waals surface area contributed by atoms with E-state index in [0.717, 1.165) is 12.8 Å². The summed E-state index contributed by atoms with van der Waals surface area (Å²) in [5.74, 6) is 0. The van der Waals surface area contributed by atoms with Crippen LogP contribution >= 0.6 is 0 Å². The second kappa shape index (κ2) is 5.70. The van der Waals surface area contributed by atoms with Crippen molar-refractivity contribution in [3.05, 3.63) is 82.9 Å². The minimum atomic E-state index is 0.261. The van der Waals surface area contributed by atoms with Crippen molar-refractivity contribution in [3.63, 3.8) is 0 Å². The minimum Gasteiger partial charge on any atom is -0.0593 e. The third-order valence-corrected chi connectivity index (χ3v) is 6.11. The normalized spacial score (nSPS) is 15.4. The molecule has 1 aliphatic rings. The van der Waals surface area contributed by atoms with Crippen molar-refractivity contribution in [2.75, 3.05) is 0 Å². The Morgan fingerprint density at radius 3 is 1.48 bits per heavy atom. The number of hydrogen-bond acceptors (Lipinski definition) is 0. The number of fused-ring (bicyclic) bond motifs is 7. The lowest BCUT2D eigenvalue weighted by Crippen LogP contribution is -2.16. The molecule has 0 radical (unpaired) electrons. The SMILES string of the molecule is Cc1ccc2c3c(ccc2c1)CC(C)(C)Cc1ccc2cc(C)ccc2c1-3. The zero-order chi connectivity index (χ0) is 18.8. The lowest BCUT2D eigenvalue weighted by atomic mass is 9.81. The Morgan fingerprint density at radius 1 is 0.593 bits per heavy atom. The van der Waals surface area contributed by atoms with E-state index >= 15 is 0 Å². The standard InChI is InChI=1S/C27H26/c1-17-5-11-23-19(13-17)7-9-21-15-27(3,4)16-22-10-8-20-14-18(2)6-12-24(20)26(22)25(21)23/h5-14H,15-16H2,1-4H3. The maximum Gasteiger partial charge on any atom is -0.00641 e. The molecule has 5 rings (SSSR count). The van der Waals surface area contributed by atoms with Crippen molar-refractivity contribution >= 4 is 21.5 Å². The van der Waals surface area contributed by atoms with Gasteiger partial charge in [0.1, 0.15) is 0 Å². The van der Waals surface area contributed by atoms with Crippen LogP contribution in [-0.2, 0) is 12.8 Å². The van der Waals surface area contributed by atoms with Gasteiger partial charge in [-0.25, -0.2) is 0 Å². The molecule has 0 bridgehead atoms. The third-order valence-electron chi connectivity index (χ3n) is 6.11. The fourth-order valence-corrected chi connectivity index (χ4v) is 4.97. The number of hydrogen-bond donors (Lipinski definition) is 0. The first-order valence-electron chi connectivity index (χ1n) is 9.96. The molecule has 0 heterocycles. The summed E-state index contributed by atoms with van der Waals surface area (Å²) in [6, 6.07) is 23.2. The van der Waals surface area contributed by atoms with E-state index in [1.165, 1.54) is 54.9 Å². The van der Waals surface area contributed by atoms with Crippen LogP contribution in [0.3, 0.4) is 0 Å². The predicted molar refractivity (Wildman–Crippen MR) is 118 cm³/mol. The molecule has 0 heteroatoms. The Morgan fingerprint density at radius 2 is 1.04 bits per heavy atom. The molecular weight excluding hydrogens is 324 g/mol. The average Bonchev–Trinajstić information content (AvgIpc) is 2.73. The summed E-state index contributed by atoms with van der Waals surface area (Å²) >= 11 is 0. The van der Waals surface area contributed by atoms with Crippen LogP contribution in [0.4, 0.5) is 0 Å². The largest absolute Gasteiger partial charge is 0.0593 e. The zero-order valence-electron chi connectivity index (χ0n) is 16.7. The van der Waals surface area contributed by atoms with Gasteiger partial charge >= 0.3 is 0 Å². The maximum atomic E-state index is 2.41. The molecule has 0 unspecified atom stereocenters. The molecule has 0 saturated heterocycles. The number of rotatable bonds is 0. The van der Waals surface area contributed by atoms with Gasteiger partial charge in [-0.3, -0.25) is 0 Å². The van der Waals surface area contributed by atoms with Crippen LogP contribution < -0.4 is 0 Å². The minimum absolute atomic E-state index is 0.261. The van der Waals surface area contributed by atoms with Crippen LogP contribution in [-0.4, -0.2) is 0 Å². The van der Waals surface area contributed by atoms with E-state index < -0.39 is 0 Å². The highest BCUT2D eigenvalue weighted by atomic mass is 14.3. The van der Waals surface area contributed by atoms with E-state index in [1.807, 2.05) is 0 Å². The average molecular weight is 351 g/mol. The Labute approximate surface area is 161 Å². The molecular formula is C27H26. The van der Waals surface area contributed by atoms with E-state index in [4.69, 9.17) is 0 Å². The summed E-state index contributed by atoms with van der Waals surface area (Å²) < 4.78 is 0. The van der Waals surface area contributed by atoms with Gasteiger partial charge in [0, 0.05) is 0 Å². The Kier molecular flexibility index (Phi) is 3.49. The van der Waals surface area contributed by atoms with Crippen molar-refractivity contribution in [2.45, 2.75) is 40.5 Å². The molecule has 0 nitrogen and oxygen atoms in total. The summed E-state index contributed by atoms with van der Waals surface area (Å²) in [4.78, 5) is 0. The smallest absolute Gasteiger partial charge is 0.00641 e. The molecule has 27 heavy (non-hydrogen) atoms. The van der Waals surface area contributed by atoms with E-state index in [1.54, 1.807) is 0 Å². The van der Waals surface area contributed by atoms with Crippen molar-refractivity contribution < 1.29 is 0 Å². The molecule has 0 atom stereocenters. The van der Waals surface area contributed by atoms with Crippen LogP contribution in [0, 0.1) is 19.3 Å². The number of benzene rings is 4. The zero-order valence-corrected chi connectivity index (χ0v) is 16.7. The third kappa shape index (κ3) is 2.67. The van der Waals surface area contributed by atoms with Gasteiger partial charge in [-0.05, 0) is 75.9 Å². The molecule has 0 fully saturated rings. The highest BCUT2D eigenvalue weighted by Crippen LogP contribution is 2.45. The van der Waals surface area contributed by atoms with Crippen LogP contribution in [0.5, 0.6) is 0 Å². The van der Waals surface area contributed by atoms with Crippen LogP contribution in [0.15, 0.2) is 60.7 Å². The van der Waals surface area contributed by atoms with E-state index in [-0.39, 0.29) is 5.41 Å². The molecule has 0 saturated carbocycles. The molecule has 0 spiro atoms. The summed E-state index contributed by atoms with van der Waals surface area (Å²) in [5, 5.41) is 5.49. The molecule has 4 aromatic rings. The molecule has 134 valence electrons. The van der Waals surface area contributed by atoms with Crippen molar-refractivity contribution in [2.24, 2.45) is 5.41 Å². The molecule has 4 aromatic carbocycles. The molecule has 0 N–H and O–H groups in total. The van der Waals surface area contributed by atoms with Gasteiger partial charge in [-0.2, -0.15) is 0 Å². The Balaban J connectivity index is 1.98. The van der Waals surface area contributed by atoms with Crippen molar-refractivity contribution in [1.82, 2.24) is 0 Å². The highest BCUT2D eigenvalue weighted by molar-refractivity contribution is 6.08. The van der Waals surface area contributed by atoms with E-state index in [9.17, 15) is 0 Å². The summed E-state index contributed by atoms with van der Waals surface area (Å²) in [6.45, 7) is 9.18. The van der Waals surface area contributed by atoms with Crippen molar-refractivity contribution in [3.8, 4) is 11.1 Å². The maximum absolute atomic E-state index is 2.41. The molecule has 0 aromatic heterocycles. The Bertz CT molecular complexity index is 1110. The molecule has 1 aliphatic carbocycles. The van der Waals surface area contributed by atoms with Crippen LogP contribution in [0.25, 0.3) is 32.7 Å². The first kappa shape index (κ1) is 16.6. The lowest BCUT2D eigenvalue weighted by molar-refractivity contribution is 0.364. The molecule has 0 amide bonds. The second-order valence-electron chi connectivity index (χ2n) is 9.17. The lowest BCUT2D eigenvalue weighted by Gasteiger charge is -2.23. The predicted octanol–water partition coefficient (Wildman–Crippen LogP) is 7.40. The highest BCUT2D eigenvalue weighted by Gasteiger charge is 2.28. The van der Waals surface area contributed by atoms with Gasteiger partial charge in [0.25, 0.3) is 0 Å². The second-order valence-corrected chi connectivity index (χ2v) is 9.17. The fourth-order valence-electron chi connectivity index (χ4n) is 4.97. The van der Waals surface area contributed by atoms with Gasteiger partial charge in [-0.1, -0.05) is 85.6 Å². The van der Waals surface area contributed by atoms with Crippen LogP contribution in [0.2, 0.25) is 0 Å². The van der Waals surface area contributed by atoms with Gasteiger partial charge in [0.05, 0.1) is 0 Å². The van der Waals surface area contributed by atoms with Gasteiger partial charge < -0.3 is 0 Å². The summed E-state index contributed by atoms with van der Waals surface area (Å²) in [7, 11) is 0. The fraction of sp³-hybridized carbons (Fsp3) is 0.259. The first-order valence-corrected chi connectivity index (χ1v) is 9.96. The number of aryl methyl sites for hydroxylation is 2. The monoisotopic (exact) mass is 350 g/mol. The summed E-state index contributed by atoms with van der Waals surface area (Å²) in [5.41, 5.74) is 8.81. The van der Waals surface area contributed by atoms with Gasteiger partial charge in [0.2, 0.25) is 0 Å². The summed E-state index contributed by atoms with van der Waals surface area (Å²) in [6.07, 6.45) is 2.24.